The molecule has 0 bridgehead atoms. The molecular weight excluding hydrogens is 340 g/mol. The molecule has 7 heteroatoms. The van der Waals surface area contributed by atoms with Gasteiger partial charge in [-0.25, -0.2) is 0 Å². The maximum atomic E-state index is 13.2. The van der Waals surface area contributed by atoms with E-state index in [0.717, 1.165) is 31.0 Å². The lowest BCUT2D eigenvalue weighted by Gasteiger charge is -2.32. The van der Waals surface area contributed by atoms with Crippen molar-refractivity contribution in [3.63, 3.8) is 0 Å². The van der Waals surface area contributed by atoms with Gasteiger partial charge in [0.2, 0.25) is 5.75 Å². The fourth-order valence-electron chi connectivity index (χ4n) is 3.04. The summed E-state index contributed by atoms with van der Waals surface area (Å²) in [6, 6.07) is 3.65. The Labute approximate surface area is 154 Å². The Balaban J connectivity index is 2.36. The number of rotatable bonds is 6. The molecule has 0 aromatic heterocycles. The summed E-state index contributed by atoms with van der Waals surface area (Å²) >= 11 is 1.91. The van der Waals surface area contributed by atoms with Gasteiger partial charge in [-0.05, 0) is 38.4 Å². The zero-order valence-electron chi connectivity index (χ0n) is 15.7. The van der Waals surface area contributed by atoms with Crippen LogP contribution in [0.15, 0.2) is 12.1 Å². The minimum atomic E-state index is 0.00797. The third kappa shape index (κ3) is 4.73. The summed E-state index contributed by atoms with van der Waals surface area (Å²) in [6.45, 7) is 1.62. The third-order valence-electron chi connectivity index (χ3n) is 4.19. The molecule has 1 aliphatic rings. The molecule has 1 saturated heterocycles. The predicted molar refractivity (Wildman–Crippen MR) is 101 cm³/mol. The number of carbonyl (C=O) groups is 1. The molecule has 2 rings (SSSR count). The smallest absolute Gasteiger partial charge is 0.254 e. The van der Waals surface area contributed by atoms with Crippen molar-refractivity contribution in [2.45, 2.75) is 12.5 Å². The van der Waals surface area contributed by atoms with Crippen LogP contribution in [0.1, 0.15) is 16.8 Å². The number of methoxy groups -OCH3 is 3. The van der Waals surface area contributed by atoms with E-state index < -0.39 is 0 Å². The highest BCUT2D eigenvalue weighted by molar-refractivity contribution is 7.99. The van der Waals surface area contributed by atoms with Crippen molar-refractivity contribution in [2.24, 2.45) is 0 Å². The topological polar surface area (TPSA) is 51.2 Å². The molecule has 0 spiro atoms. The number of hydrogen-bond donors (Lipinski definition) is 0. The Morgan fingerprint density at radius 1 is 1.20 bits per heavy atom. The Bertz CT molecular complexity index is 569. The van der Waals surface area contributed by atoms with E-state index in [1.54, 1.807) is 33.5 Å². The molecule has 6 nitrogen and oxygen atoms in total. The van der Waals surface area contributed by atoms with Crippen molar-refractivity contribution < 1.29 is 19.0 Å². The zero-order valence-corrected chi connectivity index (χ0v) is 16.5. The molecule has 1 aliphatic heterocycles. The van der Waals surface area contributed by atoms with Crippen LogP contribution in [0.5, 0.6) is 17.2 Å². The minimum absolute atomic E-state index is 0.00797. The predicted octanol–water partition coefficient (Wildman–Crippen LogP) is 2.22. The zero-order chi connectivity index (χ0) is 18.4. The van der Waals surface area contributed by atoms with Crippen LogP contribution < -0.4 is 14.2 Å². The summed E-state index contributed by atoms with van der Waals surface area (Å²) in [5.74, 6) is 3.54. The Morgan fingerprint density at radius 3 is 2.36 bits per heavy atom. The SMILES string of the molecule is COc1cc(C(=O)N2CCCSCC2CN(C)C)cc(OC)c1OC. The molecule has 1 aromatic carbocycles. The lowest BCUT2D eigenvalue weighted by molar-refractivity contribution is 0.0675. The molecule has 1 unspecified atom stereocenters. The van der Waals surface area contributed by atoms with Crippen LogP contribution in [0.25, 0.3) is 0 Å². The van der Waals surface area contributed by atoms with Crippen molar-refractivity contribution in [3.05, 3.63) is 17.7 Å². The summed E-state index contributed by atoms with van der Waals surface area (Å²) in [5, 5.41) is 0. The van der Waals surface area contributed by atoms with Gasteiger partial charge in [-0.3, -0.25) is 4.79 Å². The first-order chi connectivity index (χ1) is 12.0. The van der Waals surface area contributed by atoms with Crippen LogP contribution in [-0.2, 0) is 0 Å². The molecule has 1 fully saturated rings. The fourth-order valence-corrected chi connectivity index (χ4v) is 4.10. The van der Waals surface area contributed by atoms with Crippen molar-refractivity contribution in [3.8, 4) is 17.2 Å². The highest BCUT2D eigenvalue weighted by Gasteiger charge is 2.28. The number of hydrogen-bond acceptors (Lipinski definition) is 6. The van der Waals surface area contributed by atoms with Crippen molar-refractivity contribution in [2.75, 3.05) is 60.0 Å². The quantitative estimate of drug-likeness (QED) is 0.767. The second-order valence-electron chi connectivity index (χ2n) is 6.26. The van der Waals surface area contributed by atoms with Crippen molar-refractivity contribution in [1.82, 2.24) is 9.80 Å². The summed E-state index contributed by atoms with van der Waals surface area (Å²) in [5.41, 5.74) is 0.560. The Morgan fingerprint density at radius 2 is 1.84 bits per heavy atom. The number of carbonyl (C=O) groups excluding carboxylic acids is 1. The van der Waals surface area contributed by atoms with Gasteiger partial charge < -0.3 is 24.0 Å². The summed E-state index contributed by atoms with van der Waals surface area (Å²) < 4.78 is 16.1. The monoisotopic (exact) mass is 368 g/mol. The summed E-state index contributed by atoms with van der Waals surface area (Å²) in [6.07, 6.45) is 1.00. The molecule has 140 valence electrons. The number of benzene rings is 1. The molecule has 25 heavy (non-hydrogen) atoms. The van der Waals surface area contributed by atoms with Gasteiger partial charge in [0.1, 0.15) is 0 Å². The van der Waals surface area contributed by atoms with Gasteiger partial charge in [0, 0.05) is 24.4 Å². The van der Waals surface area contributed by atoms with E-state index in [2.05, 4.69) is 4.90 Å². The van der Waals surface area contributed by atoms with E-state index in [4.69, 9.17) is 14.2 Å². The van der Waals surface area contributed by atoms with E-state index in [1.165, 1.54) is 0 Å². The minimum Gasteiger partial charge on any atom is -0.493 e. The highest BCUT2D eigenvalue weighted by atomic mass is 32.2. The van der Waals surface area contributed by atoms with Gasteiger partial charge in [-0.2, -0.15) is 11.8 Å². The Hall–Kier alpha value is -1.60. The summed E-state index contributed by atoms with van der Waals surface area (Å²) in [4.78, 5) is 17.3. The van der Waals surface area contributed by atoms with Gasteiger partial charge in [0.25, 0.3) is 5.91 Å². The van der Waals surface area contributed by atoms with E-state index in [0.29, 0.717) is 22.8 Å². The first-order valence-electron chi connectivity index (χ1n) is 8.35. The molecular formula is C18H28N2O4S. The second kappa shape index (κ2) is 9.20. The van der Waals surface area contributed by atoms with Crippen molar-refractivity contribution in [1.29, 1.82) is 0 Å². The Kier molecular flexibility index (Phi) is 7.25. The van der Waals surface area contributed by atoms with Crippen LogP contribution in [0.4, 0.5) is 0 Å². The van der Waals surface area contributed by atoms with Crippen molar-refractivity contribution >= 4 is 17.7 Å². The average Bonchev–Trinajstić information content (AvgIpc) is 2.84. The lowest BCUT2D eigenvalue weighted by atomic mass is 10.1. The van der Waals surface area contributed by atoms with Crippen LogP contribution in [0, 0.1) is 0 Å². The van der Waals surface area contributed by atoms with Crippen LogP contribution in [0.2, 0.25) is 0 Å². The molecule has 0 N–H and O–H groups in total. The lowest BCUT2D eigenvalue weighted by Crippen LogP contribution is -2.46. The highest BCUT2D eigenvalue weighted by Crippen LogP contribution is 2.38. The van der Waals surface area contributed by atoms with Gasteiger partial charge in [-0.1, -0.05) is 0 Å². The molecule has 1 atom stereocenters. The molecule has 1 heterocycles. The maximum absolute atomic E-state index is 13.2. The van der Waals surface area contributed by atoms with Crippen LogP contribution in [0.3, 0.4) is 0 Å². The number of thioether (sulfide) groups is 1. The van der Waals surface area contributed by atoms with E-state index in [-0.39, 0.29) is 11.9 Å². The van der Waals surface area contributed by atoms with Gasteiger partial charge in [-0.15, -0.1) is 0 Å². The summed E-state index contributed by atoms with van der Waals surface area (Å²) in [7, 11) is 8.75. The molecule has 1 aromatic rings. The first kappa shape index (κ1) is 19.7. The second-order valence-corrected chi connectivity index (χ2v) is 7.41. The normalized spacial score (nSPS) is 18.0. The number of nitrogens with zero attached hydrogens (tertiary/aromatic N) is 2. The first-order valence-corrected chi connectivity index (χ1v) is 9.50. The largest absolute Gasteiger partial charge is 0.493 e. The molecule has 0 saturated carbocycles. The van der Waals surface area contributed by atoms with Crippen LogP contribution in [-0.4, -0.2) is 81.8 Å². The molecule has 1 amide bonds. The van der Waals surface area contributed by atoms with E-state index in [9.17, 15) is 4.79 Å². The molecule has 0 aliphatic carbocycles. The number of amides is 1. The number of likely N-dealkylation sites (N-methyl/N-ethyl adjacent to an activating group) is 1. The van der Waals surface area contributed by atoms with Gasteiger partial charge in [0.15, 0.2) is 11.5 Å². The van der Waals surface area contributed by atoms with Gasteiger partial charge in [0.05, 0.1) is 27.4 Å². The standard InChI is InChI=1S/C18H28N2O4S/c1-19(2)11-14-12-25-8-6-7-20(14)18(21)13-9-15(22-3)17(24-5)16(10-13)23-4/h9-10,14H,6-8,11-12H2,1-5H3. The van der Waals surface area contributed by atoms with E-state index in [1.807, 2.05) is 30.8 Å². The van der Waals surface area contributed by atoms with E-state index >= 15 is 0 Å². The average molecular weight is 368 g/mol. The number of ether oxygens (including phenoxy) is 3. The fraction of sp³-hybridized carbons (Fsp3) is 0.611. The van der Waals surface area contributed by atoms with Crippen LogP contribution >= 0.6 is 11.8 Å². The maximum Gasteiger partial charge on any atom is 0.254 e. The van der Waals surface area contributed by atoms with Gasteiger partial charge >= 0.3 is 0 Å². The third-order valence-corrected chi connectivity index (χ3v) is 5.38. The molecule has 0 radical (unpaired) electrons.